The molecule has 0 radical (unpaired) electrons. The van der Waals surface area contributed by atoms with Gasteiger partial charge in [0, 0.05) is 57.3 Å². The summed E-state index contributed by atoms with van der Waals surface area (Å²) < 4.78 is 3.57. The van der Waals surface area contributed by atoms with Gasteiger partial charge in [0.1, 0.15) is 0 Å². The second-order valence-electron chi connectivity index (χ2n) is 20.6. The Hall–Kier alpha value is -7.50. The summed E-state index contributed by atoms with van der Waals surface area (Å²) in [4.78, 5) is 6.38. The molecule has 4 heteroatoms. The molecule has 0 bridgehead atoms. The molecule has 0 amide bonds. The van der Waals surface area contributed by atoms with Crippen molar-refractivity contribution in [3.05, 3.63) is 259 Å². The van der Waals surface area contributed by atoms with E-state index in [0.29, 0.717) is 0 Å². The summed E-state index contributed by atoms with van der Waals surface area (Å²) in [6, 6.07) is 60.5. The van der Waals surface area contributed by atoms with Crippen LogP contribution >= 0.6 is 22.7 Å². The van der Waals surface area contributed by atoms with E-state index in [0.717, 1.165) is 43.4 Å². The highest BCUT2D eigenvalue weighted by Crippen LogP contribution is 2.52. The van der Waals surface area contributed by atoms with E-state index in [1.54, 1.807) is 11.3 Å². The maximum absolute atomic E-state index is 4.99. The van der Waals surface area contributed by atoms with Gasteiger partial charge in [-0.1, -0.05) is 180 Å². The lowest BCUT2D eigenvalue weighted by atomic mass is 9.73. The van der Waals surface area contributed by atoms with Crippen molar-refractivity contribution >= 4 is 101 Å². The number of allylic oxidation sites excluding steroid dienone is 4. The highest BCUT2D eigenvalue weighted by atomic mass is 32.1. The van der Waals surface area contributed by atoms with Crippen LogP contribution in [0.1, 0.15) is 73.7 Å². The lowest BCUT2D eigenvalue weighted by Gasteiger charge is -2.44. The predicted molar refractivity (Wildman–Crippen MR) is 314 cm³/mol. The van der Waals surface area contributed by atoms with E-state index in [4.69, 9.17) is 6.58 Å². The SMILES string of the molecule is C=C(/C=c1\c(=C)sc2ccccc12)C1=c2/cc(N3c4ccccc4C(C)(C)c4ccccc43)cc/c2=C(\C(C)=C\c2c(C)sc3ccccc23)/C=C/C(N2c3ccccc3C(C)(C)c3ccccc32)C/C=C/1. The smallest absolute Gasteiger partial charge is 0.0560 e. The molecule has 352 valence electrons. The van der Waals surface area contributed by atoms with E-state index in [2.05, 4.69) is 258 Å². The minimum atomic E-state index is -0.179. The molecule has 2 nitrogen and oxygen atoms in total. The normalized spacial score (nSPS) is 19.5. The van der Waals surface area contributed by atoms with Gasteiger partial charge in [-0.05, 0) is 147 Å². The van der Waals surface area contributed by atoms with E-state index in [1.807, 2.05) is 11.3 Å². The van der Waals surface area contributed by atoms with Crippen molar-refractivity contribution in [2.24, 2.45) is 0 Å². The van der Waals surface area contributed by atoms with Crippen molar-refractivity contribution in [3.8, 4) is 0 Å². The molecule has 2 aliphatic heterocycles. The monoisotopic (exact) mass is 966 g/mol. The van der Waals surface area contributed by atoms with E-state index in [-0.39, 0.29) is 16.9 Å². The molecular weight excluding hydrogens is 909 g/mol. The molecule has 4 heterocycles. The first kappa shape index (κ1) is 45.6. The van der Waals surface area contributed by atoms with Gasteiger partial charge >= 0.3 is 0 Å². The Labute approximate surface area is 431 Å². The van der Waals surface area contributed by atoms with Crippen LogP contribution in [0.3, 0.4) is 0 Å². The molecule has 0 saturated heterocycles. The van der Waals surface area contributed by atoms with E-state index >= 15 is 0 Å². The fourth-order valence-corrected chi connectivity index (χ4v) is 13.9. The van der Waals surface area contributed by atoms with Crippen molar-refractivity contribution in [1.29, 1.82) is 0 Å². The number of thiophene rings is 2. The zero-order valence-electron chi connectivity index (χ0n) is 42.0. The minimum Gasteiger partial charge on any atom is -0.334 e. The summed E-state index contributed by atoms with van der Waals surface area (Å²) in [5, 5.41) is 5.90. The van der Waals surface area contributed by atoms with Crippen LogP contribution in [-0.4, -0.2) is 6.04 Å². The third-order valence-corrected chi connectivity index (χ3v) is 17.8. The lowest BCUT2D eigenvalue weighted by Crippen LogP contribution is -2.38. The number of aryl methyl sites for hydroxylation is 1. The predicted octanol–water partition coefficient (Wildman–Crippen LogP) is 15.7. The average molecular weight is 967 g/mol. The van der Waals surface area contributed by atoms with E-state index in [9.17, 15) is 0 Å². The molecule has 0 spiro atoms. The number of fused-ring (bicyclic) bond motifs is 7. The summed E-state index contributed by atoms with van der Waals surface area (Å²) in [7, 11) is 0. The number of rotatable bonds is 6. The van der Waals surface area contributed by atoms with Gasteiger partial charge in [0.25, 0.3) is 0 Å². The molecule has 12 rings (SSSR count). The van der Waals surface area contributed by atoms with Crippen molar-refractivity contribution < 1.29 is 0 Å². The minimum absolute atomic E-state index is 0.0116. The van der Waals surface area contributed by atoms with Crippen molar-refractivity contribution in [2.45, 2.75) is 64.8 Å². The van der Waals surface area contributed by atoms with Gasteiger partial charge in [0.15, 0.2) is 0 Å². The lowest BCUT2D eigenvalue weighted by molar-refractivity contribution is 0.614. The highest BCUT2D eigenvalue weighted by molar-refractivity contribution is 7.19. The van der Waals surface area contributed by atoms with Crippen LogP contribution in [-0.2, 0) is 10.8 Å². The number of hydrogen-bond acceptors (Lipinski definition) is 4. The van der Waals surface area contributed by atoms with Gasteiger partial charge in [-0.25, -0.2) is 0 Å². The van der Waals surface area contributed by atoms with Gasteiger partial charge in [-0.3, -0.25) is 0 Å². The Bertz CT molecular complexity index is 3960. The summed E-state index contributed by atoms with van der Waals surface area (Å²) in [5.74, 6) is 0. The Morgan fingerprint density at radius 3 is 1.75 bits per heavy atom. The summed E-state index contributed by atoms with van der Waals surface area (Å²) in [5.41, 5.74) is 16.6. The van der Waals surface area contributed by atoms with Crippen LogP contribution in [0.4, 0.5) is 28.4 Å². The summed E-state index contributed by atoms with van der Waals surface area (Å²) in [6.07, 6.45) is 15.1. The van der Waals surface area contributed by atoms with Crippen molar-refractivity contribution in [1.82, 2.24) is 0 Å². The maximum atomic E-state index is 4.99. The molecular formula is C68H58N2S2. The van der Waals surface area contributed by atoms with Gasteiger partial charge in [-0.15, -0.1) is 22.7 Å². The molecule has 2 aromatic heterocycles. The van der Waals surface area contributed by atoms with Gasteiger partial charge in [0.2, 0.25) is 0 Å². The standard InChI is InChI=1S/C68H58N2S2/c1-43(40-54-45(3)71-65-34-19-9-23-52(54)65)49-25-21-22-47(69-61-30-15-11-26-57(61)67(5,6)58-27-12-16-31-62(58)69)36-38-50(44(2)41-55-46(4)72-66-35-20-10-24-53(55)66)51-39-37-48(42-56(49)51)70-63-32-17-13-28-59(63)68(7,8)60-29-14-18-33-64(60)70/h9-21,23-42,47H,1,3,22H2,2,4-8H3/b25-21+,38-36+,44-41+,51-50+,54-40+,56-49+. The van der Waals surface area contributed by atoms with Crippen LogP contribution in [0.25, 0.3) is 50.0 Å². The number of para-hydroxylation sites is 4. The van der Waals surface area contributed by atoms with Crippen molar-refractivity contribution in [3.63, 3.8) is 0 Å². The molecule has 3 aliphatic rings. The summed E-state index contributed by atoms with van der Waals surface area (Å²) in [6.45, 7) is 23.6. The average Bonchev–Trinajstić information content (AvgIpc) is 3.88. The molecule has 1 unspecified atom stereocenters. The molecule has 1 atom stereocenters. The van der Waals surface area contributed by atoms with Crippen LogP contribution in [0.15, 0.2) is 206 Å². The van der Waals surface area contributed by atoms with Crippen LogP contribution in [0.5, 0.6) is 0 Å². The molecule has 0 N–H and O–H groups in total. The fourth-order valence-electron chi connectivity index (χ4n) is 11.9. The molecule has 0 fully saturated rings. The Kier molecular flexibility index (Phi) is 11.2. The maximum Gasteiger partial charge on any atom is 0.0560 e. The third-order valence-electron chi connectivity index (χ3n) is 15.6. The first-order chi connectivity index (χ1) is 34.9. The highest BCUT2D eigenvalue weighted by Gasteiger charge is 2.39. The van der Waals surface area contributed by atoms with Gasteiger partial charge in [-0.2, -0.15) is 0 Å². The number of nitrogens with zero attached hydrogens (tertiary/aromatic N) is 2. The molecule has 9 aromatic rings. The third kappa shape index (κ3) is 7.42. The Morgan fingerprint density at radius 2 is 1.12 bits per heavy atom. The summed E-state index contributed by atoms with van der Waals surface area (Å²) >= 11 is 3.61. The largest absolute Gasteiger partial charge is 0.334 e. The Morgan fingerprint density at radius 1 is 0.597 bits per heavy atom. The van der Waals surface area contributed by atoms with Crippen LogP contribution in [0, 0.1) is 6.92 Å². The van der Waals surface area contributed by atoms with Gasteiger partial charge < -0.3 is 9.80 Å². The number of benzene rings is 7. The van der Waals surface area contributed by atoms with Crippen LogP contribution in [0.2, 0.25) is 0 Å². The first-order valence-corrected chi connectivity index (χ1v) is 26.8. The van der Waals surface area contributed by atoms with E-state index in [1.165, 1.54) is 86.8 Å². The topological polar surface area (TPSA) is 6.48 Å². The first-order valence-electron chi connectivity index (χ1n) is 25.2. The zero-order valence-corrected chi connectivity index (χ0v) is 43.6. The second kappa shape index (κ2) is 17.7. The quantitative estimate of drug-likeness (QED) is 0.164. The molecule has 0 saturated carbocycles. The zero-order chi connectivity index (χ0) is 49.5. The van der Waals surface area contributed by atoms with Crippen molar-refractivity contribution in [2.75, 3.05) is 9.80 Å². The molecule has 1 aliphatic carbocycles. The number of hydrogen-bond donors (Lipinski definition) is 0. The molecule has 7 aromatic carbocycles. The van der Waals surface area contributed by atoms with Gasteiger partial charge in [0.05, 0.1) is 17.4 Å². The second-order valence-corrected chi connectivity index (χ2v) is 23.0. The van der Waals surface area contributed by atoms with E-state index < -0.39 is 0 Å². The molecule has 72 heavy (non-hydrogen) atoms. The van der Waals surface area contributed by atoms with Crippen LogP contribution < -0.4 is 30.0 Å². The number of anilines is 5. The Balaban J connectivity index is 1.17. The fraction of sp³-hybridized carbons (Fsp3) is 0.147.